The second-order valence-corrected chi connectivity index (χ2v) is 10.8. The summed E-state index contributed by atoms with van der Waals surface area (Å²) in [4.78, 5) is 2.28. The van der Waals surface area contributed by atoms with Crippen molar-refractivity contribution in [3.8, 4) is 0 Å². The molecule has 1 heterocycles. The van der Waals surface area contributed by atoms with Crippen molar-refractivity contribution in [2.75, 3.05) is 24.7 Å². The van der Waals surface area contributed by atoms with Crippen LogP contribution in [0.1, 0.15) is 48.8 Å². The Bertz CT molecular complexity index is 1610. The Hall–Kier alpha value is -3.46. The summed E-state index contributed by atoms with van der Waals surface area (Å²) >= 11 is 0. The van der Waals surface area contributed by atoms with Crippen LogP contribution in [0.5, 0.6) is 0 Å². The second kappa shape index (κ2) is 7.27. The summed E-state index contributed by atoms with van der Waals surface area (Å²) in [6.45, 7) is 6.04. The minimum Gasteiger partial charge on any atom is -0.398 e. The molecule has 0 amide bonds. The van der Waals surface area contributed by atoms with E-state index < -0.39 is 0 Å². The van der Waals surface area contributed by atoms with Crippen LogP contribution in [0.4, 0.5) is 11.4 Å². The van der Waals surface area contributed by atoms with Crippen molar-refractivity contribution in [3.63, 3.8) is 0 Å². The van der Waals surface area contributed by atoms with Gasteiger partial charge in [0, 0.05) is 41.3 Å². The molecule has 2 nitrogen and oxygen atoms in total. The number of allylic oxidation sites excluding steroid dienone is 9. The van der Waals surface area contributed by atoms with Gasteiger partial charge in [-0.25, -0.2) is 0 Å². The lowest BCUT2D eigenvalue weighted by atomic mass is 9.66. The number of fused-ring (bicyclic) bond motifs is 8. The van der Waals surface area contributed by atoms with Crippen molar-refractivity contribution in [2.45, 2.75) is 32.1 Å². The summed E-state index contributed by atoms with van der Waals surface area (Å²) < 4.78 is 0. The summed E-state index contributed by atoms with van der Waals surface area (Å²) in [7, 11) is 6.60. The number of hydrogen-bond donors (Lipinski definition) is 1. The number of rotatable bonds is 3. The number of nitrogen functional groups attached to an aromatic ring is 1. The molecule has 2 N–H and O–H groups in total. The van der Waals surface area contributed by atoms with Gasteiger partial charge in [-0.05, 0) is 84.1 Å². The molecule has 1 fully saturated rings. The van der Waals surface area contributed by atoms with Crippen LogP contribution in [0.2, 0.25) is 0 Å². The van der Waals surface area contributed by atoms with E-state index in [1.165, 1.54) is 61.5 Å². The number of anilines is 2. The Morgan fingerprint density at radius 1 is 1.03 bits per heavy atom. The molecule has 2 atom stereocenters. The van der Waals surface area contributed by atoms with E-state index in [0.29, 0.717) is 5.92 Å². The van der Waals surface area contributed by atoms with Gasteiger partial charge in [0.1, 0.15) is 0 Å². The molecule has 0 saturated heterocycles. The zero-order valence-corrected chi connectivity index (χ0v) is 20.8. The standard InChI is InChI=1S/C32H30BN2/c1-5-6-11-29-17(2)20-12-27-26(16-30(20)33-29)31(34)25-14-24-22(15-28(25)32(27)35(3)4)19-10-8-7-9-18(19)21-13-23(21)24/h5-7,9,11-12,14-16,21,23H,1,8,10,13,34H2,2-4H3. The van der Waals surface area contributed by atoms with E-state index in [0.717, 1.165) is 29.8 Å². The molecule has 171 valence electrons. The lowest BCUT2D eigenvalue weighted by Crippen LogP contribution is -2.16. The molecule has 1 saturated carbocycles. The molecule has 35 heavy (non-hydrogen) atoms. The molecule has 3 aromatic carbocycles. The number of nitrogens with zero attached hydrogens (tertiary/aromatic N) is 1. The highest BCUT2D eigenvalue weighted by Gasteiger charge is 2.46. The van der Waals surface area contributed by atoms with Gasteiger partial charge in [-0.15, -0.1) is 0 Å². The summed E-state index contributed by atoms with van der Waals surface area (Å²) in [6.07, 6.45) is 14.3. The summed E-state index contributed by atoms with van der Waals surface area (Å²) in [6, 6.07) is 9.58. The largest absolute Gasteiger partial charge is 0.398 e. The van der Waals surface area contributed by atoms with Crippen LogP contribution in [0.3, 0.4) is 0 Å². The predicted molar refractivity (Wildman–Crippen MR) is 154 cm³/mol. The van der Waals surface area contributed by atoms with Crippen molar-refractivity contribution in [3.05, 3.63) is 89.0 Å². The van der Waals surface area contributed by atoms with Crippen molar-refractivity contribution in [1.82, 2.24) is 0 Å². The van der Waals surface area contributed by atoms with Gasteiger partial charge in [0.05, 0.1) is 5.69 Å². The third-order valence-electron chi connectivity index (χ3n) is 8.60. The minimum absolute atomic E-state index is 0.660. The van der Waals surface area contributed by atoms with E-state index >= 15 is 0 Å². The smallest absolute Gasteiger partial charge is 0.192 e. The molecule has 4 aliphatic rings. The molecule has 1 aliphatic heterocycles. The van der Waals surface area contributed by atoms with E-state index in [-0.39, 0.29) is 0 Å². The van der Waals surface area contributed by atoms with Crippen LogP contribution in [-0.4, -0.2) is 21.4 Å². The molecule has 3 aliphatic carbocycles. The van der Waals surface area contributed by atoms with E-state index in [9.17, 15) is 0 Å². The lowest BCUT2D eigenvalue weighted by Gasteiger charge is -2.27. The molecule has 0 bridgehead atoms. The van der Waals surface area contributed by atoms with Gasteiger partial charge in [0.15, 0.2) is 7.28 Å². The predicted octanol–water partition coefficient (Wildman–Crippen LogP) is 6.68. The second-order valence-electron chi connectivity index (χ2n) is 10.8. The first kappa shape index (κ1) is 20.9. The molecule has 2 unspecified atom stereocenters. The Morgan fingerprint density at radius 3 is 2.57 bits per heavy atom. The molecular formula is C32H30BN2. The van der Waals surface area contributed by atoms with Gasteiger partial charge >= 0.3 is 0 Å². The Labute approximate surface area is 208 Å². The Kier molecular flexibility index (Phi) is 4.34. The fourth-order valence-electron chi connectivity index (χ4n) is 6.83. The maximum atomic E-state index is 6.99. The zero-order valence-electron chi connectivity index (χ0n) is 20.8. The van der Waals surface area contributed by atoms with Crippen molar-refractivity contribution in [1.29, 1.82) is 0 Å². The highest BCUT2D eigenvalue weighted by Crippen LogP contribution is 2.61. The third-order valence-corrected chi connectivity index (χ3v) is 8.60. The number of hydrogen-bond acceptors (Lipinski definition) is 2. The Morgan fingerprint density at radius 2 is 1.80 bits per heavy atom. The lowest BCUT2D eigenvalue weighted by molar-refractivity contribution is 0.899. The normalized spacial score (nSPS) is 21.8. The summed E-state index contributed by atoms with van der Waals surface area (Å²) in [5.74, 6) is 1.38. The van der Waals surface area contributed by atoms with Gasteiger partial charge in [0.2, 0.25) is 0 Å². The molecular weight excluding hydrogens is 423 g/mol. The third kappa shape index (κ3) is 2.84. The van der Waals surface area contributed by atoms with Crippen LogP contribution in [0.25, 0.3) is 32.7 Å². The average Bonchev–Trinajstić information content (AvgIpc) is 3.61. The molecule has 0 aromatic heterocycles. The van der Waals surface area contributed by atoms with Gasteiger partial charge < -0.3 is 10.6 Å². The summed E-state index contributed by atoms with van der Waals surface area (Å²) in [5, 5.41) is 4.87. The minimum atomic E-state index is 0.660. The fourth-order valence-corrected chi connectivity index (χ4v) is 6.83. The van der Waals surface area contributed by atoms with Crippen LogP contribution in [0.15, 0.2) is 72.3 Å². The highest BCUT2D eigenvalue weighted by molar-refractivity contribution is 6.67. The van der Waals surface area contributed by atoms with Gasteiger partial charge in [0.25, 0.3) is 0 Å². The maximum Gasteiger partial charge on any atom is 0.192 e. The van der Waals surface area contributed by atoms with Gasteiger partial charge in [-0.3, -0.25) is 0 Å². The molecule has 3 aromatic rings. The fraction of sp³-hybridized carbons (Fsp3) is 0.250. The van der Waals surface area contributed by atoms with Crippen LogP contribution in [-0.2, 0) is 0 Å². The zero-order chi connectivity index (χ0) is 24.0. The quantitative estimate of drug-likeness (QED) is 0.158. The van der Waals surface area contributed by atoms with E-state index in [4.69, 9.17) is 5.73 Å². The van der Waals surface area contributed by atoms with Gasteiger partial charge in [-0.1, -0.05) is 59.5 Å². The van der Waals surface area contributed by atoms with Crippen LogP contribution in [0, 0.1) is 5.92 Å². The first-order valence-corrected chi connectivity index (χ1v) is 12.8. The van der Waals surface area contributed by atoms with Crippen molar-refractivity contribution in [2.24, 2.45) is 5.92 Å². The summed E-state index contributed by atoms with van der Waals surface area (Å²) in [5.41, 5.74) is 20.4. The first-order valence-electron chi connectivity index (χ1n) is 12.8. The van der Waals surface area contributed by atoms with E-state index in [1.807, 2.05) is 12.2 Å². The number of nitrogens with two attached hydrogens (primary N) is 1. The van der Waals surface area contributed by atoms with Crippen LogP contribution < -0.4 is 16.1 Å². The maximum absolute atomic E-state index is 6.99. The Balaban J connectivity index is 1.53. The number of benzene rings is 3. The van der Waals surface area contributed by atoms with E-state index in [1.54, 1.807) is 11.1 Å². The van der Waals surface area contributed by atoms with Crippen LogP contribution >= 0.6 is 0 Å². The van der Waals surface area contributed by atoms with Crippen molar-refractivity contribution >= 4 is 56.8 Å². The molecule has 7 rings (SSSR count). The van der Waals surface area contributed by atoms with Gasteiger partial charge in [-0.2, -0.15) is 0 Å². The topological polar surface area (TPSA) is 29.3 Å². The molecule has 1 radical (unpaired) electrons. The molecule has 0 spiro atoms. The monoisotopic (exact) mass is 453 g/mol. The van der Waals surface area contributed by atoms with E-state index in [2.05, 4.69) is 82.3 Å². The highest BCUT2D eigenvalue weighted by atomic mass is 15.1. The first-order chi connectivity index (χ1) is 17.0. The SMILES string of the molecule is C=CC=CC1=C(C)c2cc3c(N(C)C)c4cc5c(cc4c(N)c3cc2[B]1)C1CC1C1=C5CCC=C1. The van der Waals surface area contributed by atoms with Crippen molar-refractivity contribution < 1.29 is 0 Å². The average molecular weight is 453 g/mol. The molecule has 3 heteroatoms.